The molecule has 0 aliphatic carbocycles. The van der Waals surface area contributed by atoms with Crippen LogP contribution in [0.1, 0.15) is 20.8 Å². The third-order valence-electron chi connectivity index (χ3n) is 4.13. The van der Waals surface area contributed by atoms with Crippen molar-refractivity contribution in [1.82, 2.24) is 4.90 Å². The van der Waals surface area contributed by atoms with E-state index in [0.29, 0.717) is 30.3 Å². The molecule has 0 N–H and O–H groups in total. The molecule has 1 amide bonds. The lowest BCUT2D eigenvalue weighted by Crippen LogP contribution is -2.58. The lowest BCUT2D eigenvalue weighted by molar-refractivity contribution is -0.144. The monoisotopic (exact) mass is 323 g/mol. The predicted molar refractivity (Wildman–Crippen MR) is 84.6 cm³/mol. The van der Waals surface area contributed by atoms with Crippen LogP contribution in [0.15, 0.2) is 24.3 Å². The summed E-state index contributed by atoms with van der Waals surface area (Å²) in [4.78, 5) is 14.5. The van der Waals surface area contributed by atoms with Crippen molar-refractivity contribution in [2.24, 2.45) is 0 Å². The Hall–Kier alpha value is -1.56. The number of amides is 1. The van der Waals surface area contributed by atoms with Crippen molar-refractivity contribution in [2.45, 2.75) is 37.7 Å². The standard InChI is InChI=1S/C16H21NO4S/c1-11-14(21-13-7-5-4-6-12(13)20-11)15(18)17-8-9-22(19)16(2,3)10-17/h4-7,11,14H,8-10H2,1-3H3/t11-,14-,22+/m0/s1. The minimum absolute atomic E-state index is 0.0909. The summed E-state index contributed by atoms with van der Waals surface area (Å²) >= 11 is 0. The molecule has 3 atom stereocenters. The first-order chi connectivity index (χ1) is 10.4. The normalized spacial score (nSPS) is 30.0. The van der Waals surface area contributed by atoms with E-state index in [1.807, 2.05) is 39.0 Å². The molecule has 2 aliphatic rings. The SMILES string of the molecule is C[C@@H]1Oc2ccccc2O[C@@H]1C(=O)N1CC[S@@](=O)C(C)(C)C1. The molecule has 2 aliphatic heterocycles. The van der Waals surface area contributed by atoms with E-state index in [4.69, 9.17) is 9.47 Å². The van der Waals surface area contributed by atoms with Crippen molar-refractivity contribution >= 4 is 16.7 Å². The number of fused-ring (bicyclic) bond motifs is 1. The Morgan fingerprint density at radius 3 is 2.55 bits per heavy atom. The fourth-order valence-electron chi connectivity index (χ4n) is 2.84. The molecule has 0 aromatic heterocycles. The summed E-state index contributed by atoms with van der Waals surface area (Å²) in [6.07, 6.45) is -1.00. The zero-order valence-corrected chi connectivity index (χ0v) is 13.9. The van der Waals surface area contributed by atoms with Crippen LogP contribution < -0.4 is 9.47 Å². The van der Waals surface area contributed by atoms with Gasteiger partial charge in [-0.2, -0.15) is 0 Å². The Labute approximate surface area is 133 Å². The van der Waals surface area contributed by atoms with Crippen LogP contribution >= 0.6 is 0 Å². The topological polar surface area (TPSA) is 55.8 Å². The zero-order valence-electron chi connectivity index (χ0n) is 13.1. The molecular formula is C16H21NO4S. The number of ether oxygens (including phenoxy) is 2. The number of para-hydroxylation sites is 2. The second-order valence-electron chi connectivity index (χ2n) is 6.38. The summed E-state index contributed by atoms with van der Waals surface area (Å²) in [5.74, 6) is 1.68. The first-order valence-corrected chi connectivity index (χ1v) is 8.80. The van der Waals surface area contributed by atoms with Crippen molar-refractivity contribution in [3.63, 3.8) is 0 Å². The largest absolute Gasteiger partial charge is 0.482 e. The van der Waals surface area contributed by atoms with Gasteiger partial charge in [-0.1, -0.05) is 12.1 Å². The number of rotatable bonds is 1. The second-order valence-corrected chi connectivity index (χ2v) is 8.58. The van der Waals surface area contributed by atoms with E-state index in [0.717, 1.165) is 0 Å². The van der Waals surface area contributed by atoms with E-state index in [1.165, 1.54) is 0 Å². The second kappa shape index (κ2) is 5.57. The summed E-state index contributed by atoms with van der Waals surface area (Å²) in [5, 5.41) is 0. The molecule has 0 bridgehead atoms. The van der Waals surface area contributed by atoms with Gasteiger partial charge in [0.2, 0.25) is 6.10 Å². The number of nitrogens with zero attached hydrogens (tertiary/aromatic N) is 1. The highest BCUT2D eigenvalue weighted by Gasteiger charge is 2.41. The van der Waals surface area contributed by atoms with Crippen LogP contribution in [0.4, 0.5) is 0 Å². The first kappa shape index (κ1) is 15.3. The first-order valence-electron chi connectivity index (χ1n) is 7.48. The summed E-state index contributed by atoms with van der Waals surface area (Å²) in [7, 11) is -0.904. The Balaban J connectivity index is 1.77. The molecule has 1 fully saturated rings. The molecule has 0 saturated carbocycles. The van der Waals surface area contributed by atoms with Gasteiger partial charge in [0.15, 0.2) is 11.5 Å². The highest BCUT2D eigenvalue weighted by molar-refractivity contribution is 7.86. The maximum atomic E-state index is 12.8. The van der Waals surface area contributed by atoms with Crippen molar-refractivity contribution in [3.05, 3.63) is 24.3 Å². The van der Waals surface area contributed by atoms with Gasteiger partial charge in [0.25, 0.3) is 5.91 Å². The number of carbonyl (C=O) groups is 1. The van der Waals surface area contributed by atoms with Crippen LogP contribution in [0.3, 0.4) is 0 Å². The number of hydrogen-bond acceptors (Lipinski definition) is 4. The molecule has 1 aromatic rings. The van der Waals surface area contributed by atoms with Gasteiger partial charge < -0.3 is 14.4 Å². The highest BCUT2D eigenvalue weighted by Crippen LogP contribution is 2.34. The molecule has 5 nitrogen and oxygen atoms in total. The lowest BCUT2D eigenvalue weighted by Gasteiger charge is -2.40. The molecular weight excluding hydrogens is 302 g/mol. The Morgan fingerprint density at radius 1 is 1.27 bits per heavy atom. The minimum atomic E-state index is -0.904. The van der Waals surface area contributed by atoms with Crippen LogP contribution in [0.2, 0.25) is 0 Å². The smallest absolute Gasteiger partial charge is 0.267 e. The Morgan fingerprint density at radius 2 is 1.91 bits per heavy atom. The fraction of sp³-hybridized carbons (Fsp3) is 0.562. The lowest BCUT2D eigenvalue weighted by atomic mass is 10.1. The molecule has 2 heterocycles. The van der Waals surface area contributed by atoms with Crippen LogP contribution in [-0.2, 0) is 15.6 Å². The Bertz CT molecular complexity index is 616. The van der Waals surface area contributed by atoms with Gasteiger partial charge in [-0.05, 0) is 32.9 Å². The zero-order chi connectivity index (χ0) is 15.9. The third kappa shape index (κ3) is 2.72. The Kier molecular flexibility index (Phi) is 3.89. The van der Waals surface area contributed by atoms with Gasteiger partial charge in [0.1, 0.15) is 6.10 Å². The van der Waals surface area contributed by atoms with Crippen molar-refractivity contribution in [3.8, 4) is 11.5 Å². The number of hydrogen-bond donors (Lipinski definition) is 0. The van der Waals surface area contributed by atoms with Gasteiger partial charge in [0.05, 0.1) is 4.75 Å². The van der Waals surface area contributed by atoms with Gasteiger partial charge in [-0.3, -0.25) is 9.00 Å². The van der Waals surface area contributed by atoms with Crippen molar-refractivity contribution < 1.29 is 18.5 Å². The van der Waals surface area contributed by atoms with Gasteiger partial charge in [0, 0.05) is 29.6 Å². The van der Waals surface area contributed by atoms with E-state index < -0.39 is 16.9 Å². The number of carbonyl (C=O) groups excluding carboxylic acids is 1. The number of benzene rings is 1. The summed E-state index contributed by atoms with van der Waals surface area (Å²) in [5.41, 5.74) is 0. The quantitative estimate of drug-likeness (QED) is 0.787. The summed E-state index contributed by atoms with van der Waals surface area (Å²) < 4.78 is 23.3. The molecule has 3 rings (SSSR count). The average molecular weight is 323 g/mol. The molecule has 0 radical (unpaired) electrons. The molecule has 1 aromatic carbocycles. The molecule has 0 spiro atoms. The summed E-state index contributed by atoms with van der Waals surface area (Å²) in [6.45, 7) is 6.68. The maximum absolute atomic E-state index is 12.8. The van der Waals surface area contributed by atoms with Crippen LogP contribution in [0.5, 0.6) is 11.5 Å². The predicted octanol–water partition coefficient (Wildman–Crippen LogP) is 1.58. The molecule has 0 unspecified atom stereocenters. The van der Waals surface area contributed by atoms with Gasteiger partial charge in [-0.15, -0.1) is 0 Å². The minimum Gasteiger partial charge on any atom is -0.482 e. The van der Waals surface area contributed by atoms with Crippen LogP contribution in [0, 0.1) is 0 Å². The fourth-order valence-corrected chi connectivity index (χ4v) is 4.08. The molecule has 22 heavy (non-hydrogen) atoms. The van der Waals surface area contributed by atoms with E-state index in [9.17, 15) is 9.00 Å². The van der Waals surface area contributed by atoms with Crippen LogP contribution in [-0.4, -0.2) is 50.8 Å². The van der Waals surface area contributed by atoms with Gasteiger partial charge in [-0.25, -0.2) is 0 Å². The van der Waals surface area contributed by atoms with E-state index in [-0.39, 0.29) is 16.8 Å². The van der Waals surface area contributed by atoms with E-state index >= 15 is 0 Å². The molecule has 6 heteroatoms. The van der Waals surface area contributed by atoms with E-state index in [2.05, 4.69) is 0 Å². The van der Waals surface area contributed by atoms with E-state index in [1.54, 1.807) is 11.0 Å². The van der Waals surface area contributed by atoms with Crippen LogP contribution in [0.25, 0.3) is 0 Å². The van der Waals surface area contributed by atoms with Crippen molar-refractivity contribution in [1.29, 1.82) is 0 Å². The molecule has 1 saturated heterocycles. The highest BCUT2D eigenvalue weighted by atomic mass is 32.2. The average Bonchev–Trinajstić information content (AvgIpc) is 2.48. The summed E-state index contributed by atoms with van der Waals surface area (Å²) in [6, 6.07) is 7.36. The van der Waals surface area contributed by atoms with Crippen molar-refractivity contribution in [2.75, 3.05) is 18.8 Å². The maximum Gasteiger partial charge on any atom is 0.267 e. The third-order valence-corrected chi connectivity index (χ3v) is 6.05. The molecule has 120 valence electrons. The van der Waals surface area contributed by atoms with Gasteiger partial charge >= 0.3 is 0 Å².